The van der Waals surface area contributed by atoms with E-state index in [0.717, 1.165) is 0 Å². The molecule has 24 heavy (non-hydrogen) atoms. The first-order valence-corrected chi connectivity index (χ1v) is 8.21. The van der Waals surface area contributed by atoms with Crippen LogP contribution in [0.25, 0.3) is 0 Å². The summed E-state index contributed by atoms with van der Waals surface area (Å²) < 4.78 is 9.60. The third kappa shape index (κ3) is 10.8. The number of hydrogen-bond donors (Lipinski definition) is 3. The SMILES string of the molecule is CCOCC(=O)OCCC(O)(CO)CCO.Clc1ccccc1Cl. The molecule has 0 aliphatic heterocycles. The molecule has 6 nitrogen and oxygen atoms in total. The van der Waals surface area contributed by atoms with Gasteiger partial charge >= 0.3 is 5.97 Å². The van der Waals surface area contributed by atoms with Gasteiger partial charge in [-0.15, -0.1) is 0 Å². The molecule has 0 bridgehead atoms. The van der Waals surface area contributed by atoms with Crippen LogP contribution in [0, 0.1) is 0 Å². The largest absolute Gasteiger partial charge is 0.464 e. The molecule has 1 aromatic rings. The Morgan fingerprint density at radius 3 is 2.17 bits per heavy atom. The highest BCUT2D eigenvalue weighted by Gasteiger charge is 2.25. The van der Waals surface area contributed by atoms with Crippen LogP contribution in [0.2, 0.25) is 10.0 Å². The predicted octanol–water partition coefficient (Wildman–Crippen LogP) is 2.06. The van der Waals surface area contributed by atoms with E-state index < -0.39 is 18.2 Å². The van der Waals surface area contributed by atoms with Gasteiger partial charge in [0, 0.05) is 26.1 Å². The Kier molecular flexibility index (Phi) is 12.9. The minimum atomic E-state index is -1.39. The van der Waals surface area contributed by atoms with Gasteiger partial charge in [0.2, 0.25) is 0 Å². The number of ether oxygens (including phenoxy) is 2. The van der Waals surface area contributed by atoms with Crippen LogP contribution < -0.4 is 0 Å². The Hall–Kier alpha value is -0.890. The molecule has 138 valence electrons. The van der Waals surface area contributed by atoms with Crippen molar-refractivity contribution in [3.63, 3.8) is 0 Å². The molecule has 8 heteroatoms. The highest BCUT2D eigenvalue weighted by Crippen LogP contribution is 2.19. The van der Waals surface area contributed by atoms with Crippen molar-refractivity contribution in [3.05, 3.63) is 34.3 Å². The third-order valence-electron chi connectivity index (χ3n) is 2.95. The lowest BCUT2D eigenvalue weighted by atomic mass is 9.98. The fourth-order valence-electron chi connectivity index (χ4n) is 1.51. The molecule has 0 radical (unpaired) electrons. The molecular formula is C16H24Cl2O6. The van der Waals surface area contributed by atoms with Crippen molar-refractivity contribution >= 4 is 29.2 Å². The van der Waals surface area contributed by atoms with Crippen LogP contribution in [0.3, 0.4) is 0 Å². The minimum absolute atomic E-state index is 0.0109. The predicted molar refractivity (Wildman–Crippen MR) is 92.3 cm³/mol. The van der Waals surface area contributed by atoms with Crippen LogP contribution in [0.4, 0.5) is 0 Å². The maximum absolute atomic E-state index is 11.0. The van der Waals surface area contributed by atoms with Crippen molar-refractivity contribution < 1.29 is 29.6 Å². The lowest BCUT2D eigenvalue weighted by Crippen LogP contribution is -2.36. The molecule has 0 aliphatic rings. The first-order chi connectivity index (χ1) is 11.4. The average Bonchev–Trinajstić information content (AvgIpc) is 2.56. The van der Waals surface area contributed by atoms with E-state index in [1.807, 2.05) is 12.1 Å². The first-order valence-electron chi connectivity index (χ1n) is 7.46. The number of aliphatic hydroxyl groups excluding tert-OH is 2. The van der Waals surface area contributed by atoms with Crippen molar-refractivity contribution in [1.29, 1.82) is 0 Å². The Morgan fingerprint density at radius 1 is 1.17 bits per heavy atom. The van der Waals surface area contributed by atoms with Crippen molar-refractivity contribution in [3.8, 4) is 0 Å². The number of carbonyl (C=O) groups is 1. The molecule has 0 amide bonds. The highest BCUT2D eigenvalue weighted by molar-refractivity contribution is 6.41. The summed E-state index contributed by atoms with van der Waals surface area (Å²) in [6.07, 6.45) is 0.133. The molecular weight excluding hydrogens is 359 g/mol. The van der Waals surface area contributed by atoms with E-state index in [9.17, 15) is 9.90 Å². The van der Waals surface area contributed by atoms with Gasteiger partial charge in [-0.25, -0.2) is 4.79 Å². The summed E-state index contributed by atoms with van der Waals surface area (Å²) in [5.74, 6) is -0.508. The minimum Gasteiger partial charge on any atom is -0.464 e. The summed E-state index contributed by atoms with van der Waals surface area (Å²) >= 11 is 11.2. The van der Waals surface area contributed by atoms with E-state index in [1.54, 1.807) is 19.1 Å². The van der Waals surface area contributed by atoms with Gasteiger partial charge in [-0.2, -0.15) is 0 Å². The standard InChI is InChI=1S/C10H20O6.C6H4Cl2/c1-2-15-7-9(13)16-6-4-10(14,8-12)3-5-11;7-5-3-1-2-4-6(5)8/h11-12,14H,2-8H2,1H3;1-4H. The lowest BCUT2D eigenvalue weighted by Gasteiger charge is -2.24. The Labute approximate surface area is 151 Å². The van der Waals surface area contributed by atoms with Crippen molar-refractivity contribution in [2.24, 2.45) is 0 Å². The van der Waals surface area contributed by atoms with Crippen LogP contribution >= 0.6 is 23.2 Å². The second kappa shape index (κ2) is 13.4. The zero-order valence-corrected chi connectivity index (χ0v) is 15.1. The van der Waals surface area contributed by atoms with Gasteiger partial charge in [0.25, 0.3) is 0 Å². The monoisotopic (exact) mass is 382 g/mol. The van der Waals surface area contributed by atoms with Gasteiger partial charge in [0.15, 0.2) is 0 Å². The van der Waals surface area contributed by atoms with Gasteiger partial charge in [-0.3, -0.25) is 0 Å². The summed E-state index contributed by atoms with van der Waals surface area (Å²) in [5.41, 5.74) is -1.39. The number of rotatable bonds is 9. The number of carbonyl (C=O) groups excluding carboxylic acids is 1. The summed E-state index contributed by atoms with van der Waals surface area (Å²) in [6, 6.07) is 7.19. The van der Waals surface area contributed by atoms with E-state index >= 15 is 0 Å². The van der Waals surface area contributed by atoms with Crippen molar-refractivity contribution in [2.75, 3.05) is 33.0 Å². The molecule has 0 aromatic heterocycles. The summed E-state index contributed by atoms with van der Waals surface area (Å²) in [4.78, 5) is 11.0. The Morgan fingerprint density at radius 2 is 1.75 bits per heavy atom. The molecule has 0 spiro atoms. The fraction of sp³-hybridized carbons (Fsp3) is 0.562. The number of halogens is 2. The van der Waals surface area contributed by atoms with Crippen molar-refractivity contribution in [2.45, 2.75) is 25.4 Å². The van der Waals surface area contributed by atoms with Crippen LogP contribution in [0.5, 0.6) is 0 Å². The van der Waals surface area contributed by atoms with Crippen LogP contribution in [0.1, 0.15) is 19.8 Å². The summed E-state index contributed by atoms with van der Waals surface area (Å²) in [6.45, 7) is 1.36. The molecule has 1 aromatic carbocycles. The van der Waals surface area contributed by atoms with E-state index in [4.69, 9.17) is 42.9 Å². The normalized spacial score (nSPS) is 12.8. The van der Waals surface area contributed by atoms with E-state index in [0.29, 0.717) is 16.7 Å². The maximum atomic E-state index is 11.0. The Balaban J connectivity index is 0.000000546. The van der Waals surface area contributed by atoms with Gasteiger partial charge in [0.05, 0.1) is 28.9 Å². The number of esters is 1. The molecule has 3 N–H and O–H groups in total. The van der Waals surface area contributed by atoms with E-state index in [2.05, 4.69) is 0 Å². The second-order valence-electron chi connectivity index (χ2n) is 4.88. The first kappa shape index (κ1) is 23.1. The van der Waals surface area contributed by atoms with Crippen LogP contribution in [-0.4, -0.2) is 59.9 Å². The zero-order chi connectivity index (χ0) is 18.4. The molecule has 0 fully saturated rings. The quantitative estimate of drug-likeness (QED) is 0.565. The highest BCUT2D eigenvalue weighted by atomic mass is 35.5. The number of hydrogen-bond acceptors (Lipinski definition) is 6. The van der Waals surface area contributed by atoms with Gasteiger partial charge in [-0.1, -0.05) is 35.3 Å². The summed E-state index contributed by atoms with van der Waals surface area (Å²) in [5, 5.41) is 28.4. The smallest absolute Gasteiger partial charge is 0.332 e. The maximum Gasteiger partial charge on any atom is 0.332 e. The van der Waals surface area contributed by atoms with Gasteiger partial charge in [0.1, 0.15) is 6.61 Å². The molecule has 0 saturated heterocycles. The van der Waals surface area contributed by atoms with Crippen LogP contribution in [-0.2, 0) is 14.3 Å². The second-order valence-corrected chi connectivity index (χ2v) is 5.69. The zero-order valence-electron chi connectivity index (χ0n) is 13.6. The molecule has 1 atom stereocenters. The van der Waals surface area contributed by atoms with Gasteiger partial charge in [-0.05, 0) is 19.1 Å². The fourth-order valence-corrected chi connectivity index (χ4v) is 1.78. The molecule has 1 rings (SSSR count). The van der Waals surface area contributed by atoms with Gasteiger partial charge < -0.3 is 24.8 Å². The van der Waals surface area contributed by atoms with E-state index in [1.165, 1.54) is 0 Å². The lowest BCUT2D eigenvalue weighted by molar-refractivity contribution is -0.151. The number of benzene rings is 1. The third-order valence-corrected chi connectivity index (χ3v) is 3.71. The molecule has 0 heterocycles. The average molecular weight is 383 g/mol. The molecule has 1 unspecified atom stereocenters. The molecule has 0 aliphatic carbocycles. The topological polar surface area (TPSA) is 96.2 Å². The van der Waals surface area contributed by atoms with E-state index in [-0.39, 0.29) is 32.7 Å². The molecule has 0 saturated carbocycles. The number of aliphatic hydroxyl groups is 3. The van der Waals surface area contributed by atoms with Crippen molar-refractivity contribution in [1.82, 2.24) is 0 Å². The Bertz CT molecular complexity index is 451. The van der Waals surface area contributed by atoms with Crippen LogP contribution in [0.15, 0.2) is 24.3 Å². The summed E-state index contributed by atoms with van der Waals surface area (Å²) in [7, 11) is 0.